The Labute approximate surface area is 136 Å². The first-order valence-electron chi connectivity index (χ1n) is 8.90. The van der Waals surface area contributed by atoms with Crippen molar-refractivity contribution in [1.82, 2.24) is 0 Å². The maximum absolute atomic E-state index is 6.88. The fourth-order valence-electron chi connectivity index (χ4n) is 3.17. The molecule has 0 fully saturated rings. The SMILES string of the molecule is CCC[CH2][Sn]([CH2]CC)([CH2]CCC)[O]C(C)c1ccccc1. The molecule has 0 aromatic heterocycles. The van der Waals surface area contributed by atoms with Crippen molar-refractivity contribution in [2.75, 3.05) is 0 Å². The minimum absolute atomic E-state index is 0.280. The van der Waals surface area contributed by atoms with Crippen molar-refractivity contribution in [3.05, 3.63) is 35.9 Å². The first-order chi connectivity index (χ1) is 10.2. The molecule has 0 saturated carbocycles. The van der Waals surface area contributed by atoms with Crippen LogP contribution in [0.1, 0.15) is 71.5 Å². The summed E-state index contributed by atoms with van der Waals surface area (Å²) in [6, 6.07) is 10.8. The van der Waals surface area contributed by atoms with E-state index >= 15 is 0 Å². The van der Waals surface area contributed by atoms with Crippen LogP contribution < -0.4 is 0 Å². The first kappa shape index (κ1) is 19.0. The molecule has 1 aromatic carbocycles. The molecular formula is C19H34OSn. The summed E-state index contributed by atoms with van der Waals surface area (Å²) in [7, 11) is 0. The molecule has 0 heterocycles. The van der Waals surface area contributed by atoms with Gasteiger partial charge in [0.25, 0.3) is 0 Å². The molecule has 1 aromatic rings. The molecule has 0 bridgehead atoms. The average molecular weight is 397 g/mol. The van der Waals surface area contributed by atoms with Gasteiger partial charge in [0, 0.05) is 0 Å². The van der Waals surface area contributed by atoms with E-state index in [1.165, 1.54) is 51.0 Å². The van der Waals surface area contributed by atoms with Crippen LogP contribution in [0.15, 0.2) is 30.3 Å². The second kappa shape index (κ2) is 10.7. The van der Waals surface area contributed by atoms with Crippen LogP contribution in [-0.4, -0.2) is 18.8 Å². The van der Waals surface area contributed by atoms with Gasteiger partial charge in [-0.25, -0.2) is 0 Å². The minimum atomic E-state index is -2.43. The summed E-state index contributed by atoms with van der Waals surface area (Å²) in [6.45, 7) is 9.21. The van der Waals surface area contributed by atoms with Gasteiger partial charge in [-0.05, 0) is 0 Å². The van der Waals surface area contributed by atoms with Crippen molar-refractivity contribution in [3.8, 4) is 0 Å². The molecule has 0 N–H and O–H groups in total. The molecule has 0 radical (unpaired) electrons. The van der Waals surface area contributed by atoms with E-state index in [9.17, 15) is 0 Å². The Morgan fingerprint density at radius 2 is 1.43 bits per heavy atom. The van der Waals surface area contributed by atoms with E-state index in [4.69, 9.17) is 3.07 Å². The first-order valence-corrected chi connectivity index (χ1v) is 16.1. The van der Waals surface area contributed by atoms with Crippen LogP contribution in [0.4, 0.5) is 0 Å². The molecule has 2 heteroatoms. The van der Waals surface area contributed by atoms with Crippen molar-refractivity contribution in [2.24, 2.45) is 0 Å². The van der Waals surface area contributed by atoms with Crippen LogP contribution in [0.5, 0.6) is 0 Å². The normalized spacial score (nSPS) is 13.3. The molecule has 0 aliphatic rings. The monoisotopic (exact) mass is 398 g/mol. The summed E-state index contributed by atoms with van der Waals surface area (Å²) < 4.78 is 11.1. The molecule has 1 atom stereocenters. The van der Waals surface area contributed by atoms with E-state index in [-0.39, 0.29) is 6.10 Å². The number of unbranched alkanes of at least 4 members (excludes halogenated alkanes) is 2. The molecule has 1 nitrogen and oxygen atoms in total. The van der Waals surface area contributed by atoms with Crippen molar-refractivity contribution < 1.29 is 3.07 Å². The van der Waals surface area contributed by atoms with Gasteiger partial charge < -0.3 is 0 Å². The molecule has 0 aliphatic carbocycles. The standard InChI is InChI=1S/C8H9O.2C4H9.C3H7.Sn/c1-7(9)8-5-3-2-4-6-8;2*1-3-4-2;1-3-2;/h2-7H,1H3;2*1,3-4H2,2H3;1,3H2,2H3;/q-1;;;;+1. The quantitative estimate of drug-likeness (QED) is 0.377. The van der Waals surface area contributed by atoms with Crippen LogP contribution in [0.3, 0.4) is 0 Å². The fraction of sp³-hybridized carbons (Fsp3) is 0.684. The van der Waals surface area contributed by atoms with Gasteiger partial charge in [0.05, 0.1) is 0 Å². The van der Waals surface area contributed by atoms with Gasteiger partial charge in [-0.3, -0.25) is 0 Å². The Morgan fingerprint density at radius 1 is 0.857 bits per heavy atom. The van der Waals surface area contributed by atoms with Crippen LogP contribution in [0.25, 0.3) is 0 Å². The number of hydrogen-bond donors (Lipinski definition) is 0. The van der Waals surface area contributed by atoms with Gasteiger partial charge in [0.15, 0.2) is 0 Å². The van der Waals surface area contributed by atoms with Gasteiger partial charge in [-0.15, -0.1) is 0 Å². The van der Waals surface area contributed by atoms with E-state index in [1.807, 2.05) is 0 Å². The van der Waals surface area contributed by atoms with Crippen molar-refractivity contribution in [2.45, 2.75) is 79.2 Å². The Bertz CT molecular complexity index is 355. The van der Waals surface area contributed by atoms with E-state index in [0.29, 0.717) is 0 Å². The molecule has 0 saturated heterocycles. The molecule has 1 unspecified atom stereocenters. The molecule has 1 rings (SSSR count). The zero-order valence-corrected chi connectivity index (χ0v) is 17.4. The van der Waals surface area contributed by atoms with Crippen molar-refractivity contribution in [1.29, 1.82) is 0 Å². The third-order valence-corrected chi connectivity index (χ3v) is 18.1. The molecule has 0 aliphatic heterocycles. The van der Waals surface area contributed by atoms with E-state index in [0.717, 1.165) is 0 Å². The molecule has 0 amide bonds. The van der Waals surface area contributed by atoms with Crippen LogP contribution in [0, 0.1) is 0 Å². The molecular weight excluding hydrogens is 363 g/mol. The Morgan fingerprint density at radius 3 is 1.90 bits per heavy atom. The number of benzene rings is 1. The summed E-state index contributed by atoms with van der Waals surface area (Å²) >= 11 is -2.43. The fourth-order valence-corrected chi connectivity index (χ4v) is 17.1. The Hall–Kier alpha value is -0.0213. The van der Waals surface area contributed by atoms with Crippen LogP contribution in [0.2, 0.25) is 13.3 Å². The molecule has 120 valence electrons. The van der Waals surface area contributed by atoms with Gasteiger partial charge in [-0.1, -0.05) is 0 Å². The van der Waals surface area contributed by atoms with E-state index in [1.54, 1.807) is 0 Å². The number of hydrogen-bond acceptors (Lipinski definition) is 1. The second-order valence-electron chi connectivity index (χ2n) is 6.31. The van der Waals surface area contributed by atoms with Crippen LogP contribution >= 0.6 is 0 Å². The summed E-state index contributed by atoms with van der Waals surface area (Å²) in [5.41, 5.74) is 1.35. The van der Waals surface area contributed by atoms with Gasteiger partial charge >= 0.3 is 137 Å². The van der Waals surface area contributed by atoms with Crippen molar-refractivity contribution >= 4 is 18.8 Å². The van der Waals surface area contributed by atoms with Gasteiger partial charge in [-0.2, -0.15) is 0 Å². The summed E-state index contributed by atoms with van der Waals surface area (Å²) in [5.74, 6) is 0. The predicted molar refractivity (Wildman–Crippen MR) is 96.2 cm³/mol. The third kappa shape index (κ3) is 6.73. The third-order valence-electron chi connectivity index (χ3n) is 4.37. The predicted octanol–water partition coefficient (Wildman–Crippen LogP) is 6.72. The zero-order valence-electron chi connectivity index (χ0n) is 14.5. The van der Waals surface area contributed by atoms with Gasteiger partial charge in [0.2, 0.25) is 0 Å². The summed E-state index contributed by atoms with van der Waals surface area (Å²) in [4.78, 5) is 0. The number of rotatable bonds is 11. The van der Waals surface area contributed by atoms with E-state index < -0.39 is 18.8 Å². The summed E-state index contributed by atoms with van der Waals surface area (Å²) in [5, 5.41) is 0. The average Bonchev–Trinajstić information content (AvgIpc) is 2.52. The Kier molecular flexibility index (Phi) is 9.66. The summed E-state index contributed by atoms with van der Waals surface area (Å²) in [6.07, 6.45) is 6.91. The van der Waals surface area contributed by atoms with Crippen LogP contribution in [-0.2, 0) is 3.07 Å². The Balaban J connectivity index is 2.81. The van der Waals surface area contributed by atoms with Gasteiger partial charge in [0.1, 0.15) is 0 Å². The zero-order chi connectivity index (χ0) is 15.6. The van der Waals surface area contributed by atoms with E-state index in [2.05, 4.69) is 58.0 Å². The second-order valence-corrected chi connectivity index (χ2v) is 18.0. The maximum atomic E-state index is 6.88. The van der Waals surface area contributed by atoms with Crippen molar-refractivity contribution in [3.63, 3.8) is 0 Å². The molecule has 0 spiro atoms. The topological polar surface area (TPSA) is 9.23 Å². The molecule has 21 heavy (non-hydrogen) atoms.